The third-order valence-corrected chi connectivity index (χ3v) is 1.67. The van der Waals surface area contributed by atoms with E-state index in [9.17, 15) is 18.9 Å². The minimum Gasteiger partial charge on any atom is -0.497 e. The second-order valence-corrected chi connectivity index (χ2v) is 2.48. The molecule has 0 radical (unpaired) electrons. The Morgan fingerprint density at radius 3 is 2.57 bits per heavy atom. The molecule has 1 aromatic rings. The molecule has 0 heterocycles. The summed E-state index contributed by atoms with van der Waals surface area (Å²) in [7, 11) is 1.31. The Bertz CT molecular complexity index is 354. The van der Waals surface area contributed by atoms with Crippen LogP contribution in [0.5, 0.6) is 5.75 Å². The normalized spacial score (nSPS) is 10.3. The quantitative estimate of drug-likeness (QED) is 0.560. The molecule has 76 valence electrons. The highest BCUT2D eigenvalue weighted by Crippen LogP contribution is 2.31. The fourth-order valence-corrected chi connectivity index (χ4v) is 0.993. The van der Waals surface area contributed by atoms with E-state index in [1.54, 1.807) is 0 Å². The number of alkyl halides is 2. The summed E-state index contributed by atoms with van der Waals surface area (Å²) in [5.74, 6) is 0.182. The Morgan fingerprint density at radius 1 is 1.50 bits per heavy atom. The van der Waals surface area contributed by atoms with Crippen LogP contribution in [0.4, 0.5) is 14.5 Å². The van der Waals surface area contributed by atoms with Gasteiger partial charge in [-0.15, -0.1) is 0 Å². The van der Waals surface area contributed by atoms with Crippen LogP contribution in [0.1, 0.15) is 12.0 Å². The topological polar surface area (TPSA) is 52.4 Å². The predicted molar refractivity (Wildman–Crippen MR) is 44.6 cm³/mol. The van der Waals surface area contributed by atoms with E-state index in [1.165, 1.54) is 13.2 Å². The molecule has 0 aliphatic rings. The first-order valence-electron chi connectivity index (χ1n) is 3.66. The molecular weight excluding hydrogens is 196 g/mol. The summed E-state index contributed by atoms with van der Waals surface area (Å²) >= 11 is 0. The molecule has 0 atom stereocenters. The Labute approximate surface area is 78.3 Å². The number of nitrogens with zero attached hydrogens (tertiary/aromatic N) is 1. The Balaban J connectivity index is 3.24. The van der Waals surface area contributed by atoms with Crippen LogP contribution in [0.25, 0.3) is 0 Å². The zero-order valence-corrected chi connectivity index (χ0v) is 7.24. The Morgan fingerprint density at radius 2 is 2.14 bits per heavy atom. The molecule has 4 nitrogen and oxygen atoms in total. The monoisotopic (exact) mass is 203 g/mol. The van der Waals surface area contributed by atoms with Crippen molar-refractivity contribution >= 4 is 5.69 Å². The van der Waals surface area contributed by atoms with Gasteiger partial charge in [-0.25, -0.2) is 8.78 Å². The average molecular weight is 203 g/mol. The summed E-state index contributed by atoms with van der Waals surface area (Å²) in [6.45, 7) is 0. The van der Waals surface area contributed by atoms with Crippen molar-refractivity contribution in [2.75, 3.05) is 7.11 Å². The van der Waals surface area contributed by atoms with Crippen molar-refractivity contribution in [1.29, 1.82) is 0 Å². The highest BCUT2D eigenvalue weighted by molar-refractivity contribution is 5.46. The van der Waals surface area contributed by atoms with E-state index < -0.39 is 22.6 Å². The van der Waals surface area contributed by atoms with E-state index in [0.717, 1.165) is 12.1 Å². The van der Waals surface area contributed by atoms with Gasteiger partial charge in [0, 0.05) is 0 Å². The zero-order valence-electron chi connectivity index (χ0n) is 7.24. The van der Waals surface area contributed by atoms with Gasteiger partial charge in [-0.1, -0.05) is 0 Å². The number of hydrogen-bond acceptors (Lipinski definition) is 3. The van der Waals surface area contributed by atoms with Crippen LogP contribution in [0.15, 0.2) is 18.2 Å². The van der Waals surface area contributed by atoms with Gasteiger partial charge in [-0.3, -0.25) is 10.1 Å². The van der Waals surface area contributed by atoms with E-state index >= 15 is 0 Å². The highest BCUT2D eigenvalue weighted by Gasteiger charge is 2.21. The number of ether oxygens (including phenoxy) is 1. The van der Waals surface area contributed by atoms with Crippen LogP contribution in [-0.2, 0) is 0 Å². The molecule has 1 aromatic carbocycles. The molecule has 0 N–H and O–H groups in total. The summed E-state index contributed by atoms with van der Waals surface area (Å²) < 4.78 is 29.2. The first-order chi connectivity index (χ1) is 6.56. The van der Waals surface area contributed by atoms with Gasteiger partial charge in [0.25, 0.3) is 12.1 Å². The summed E-state index contributed by atoms with van der Waals surface area (Å²) in [5, 5.41) is 10.4. The first kappa shape index (κ1) is 10.4. The third-order valence-electron chi connectivity index (χ3n) is 1.67. The highest BCUT2D eigenvalue weighted by atomic mass is 19.3. The van der Waals surface area contributed by atoms with Gasteiger partial charge in [-0.2, -0.15) is 0 Å². The summed E-state index contributed by atoms with van der Waals surface area (Å²) in [5.41, 5.74) is -1.23. The largest absolute Gasteiger partial charge is 0.497 e. The van der Waals surface area contributed by atoms with E-state index in [-0.39, 0.29) is 5.75 Å². The molecule has 0 aliphatic carbocycles. The molecule has 0 aliphatic heterocycles. The van der Waals surface area contributed by atoms with Gasteiger partial charge in [0.1, 0.15) is 5.75 Å². The smallest absolute Gasteiger partial charge is 0.282 e. The first-order valence-corrected chi connectivity index (χ1v) is 3.66. The van der Waals surface area contributed by atoms with E-state index in [1.807, 2.05) is 0 Å². The van der Waals surface area contributed by atoms with Crippen molar-refractivity contribution in [2.45, 2.75) is 6.43 Å². The predicted octanol–water partition coefficient (Wildman–Crippen LogP) is 2.54. The molecule has 0 amide bonds. The van der Waals surface area contributed by atoms with Crippen LogP contribution >= 0.6 is 0 Å². The van der Waals surface area contributed by atoms with Gasteiger partial charge >= 0.3 is 0 Å². The molecule has 0 bridgehead atoms. The number of nitro benzene ring substituents is 1. The SMILES string of the molecule is COc1ccc(C(F)F)c([N+](=O)[O-])c1. The molecule has 6 heteroatoms. The molecule has 0 saturated heterocycles. The lowest BCUT2D eigenvalue weighted by molar-refractivity contribution is -0.386. The van der Waals surface area contributed by atoms with E-state index in [0.29, 0.717) is 0 Å². The maximum absolute atomic E-state index is 12.3. The minimum atomic E-state index is -2.86. The summed E-state index contributed by atoms with van der Waals surface area (Å²) in [4.78, 5) is 9.55. The second kappa shape index (κ2) is 3.99. The maximum Gasteiger partial charge on any atom is 0.282 e. The second-order valence-electron chi connectivity index (χ2n) is 2.48. The molecule has 0 spiro atoms. The lowest BCUT2D eigenvalue weighted by Gasteiger charge is -2.03. The van der Waals surface area contributed by atoms with Crippen LogP contribution in [0.2, 0.25) is 0 Å². The van der Waals surface area contributed by atoms with Crippen molar-refractivity contribution in [3.05, 3.63) is 33.9 Å². The average Bonchev–Trinajstić information content (AvgIpc) is 2.16. The van der Waals surface area contributed by atoms with Gasteiger partial charge in [0.2, 0.25) is 0 Å². The number of methoxy groups -OCH3 is 1. The maximum atomic E-state index is 12.3. The molecule has 0 fully saturated rings. The number of rotatable bonds is 3. The molecule has 0 unspecified atom stereocenters. The molecule has 0 aromatic heterocycles. The molecular formula is C8H7F2NO3. The van der Waals surface area contributed by atoms with E-state index in [2.05, 4.69) is 0 Å². The zero-order chi connectivity index (χ0) is 10.7. The lowest BCUT2D eigenvalue weighted by Crippen LogP contribution is -1.96. The fourth-order valence-electron chi connectivity index (χ4n) is 0.993. The van der Waals surface area contributed by atoms with Gasteiger partial charge in [0.05, 0.1) is 23.7 Å². The number of nitro groups is 1. The van der Waals surface area contributed by atoms with Gasteiger partial charge in [-0.05, 0) is 12.1 Å². The van der Waals surface area contributed by atoms with Crippen LogP contribution < -0.4 is 4.74 Å². The third kappa shape index (κ3) is 1.95. The van der Waals surface area contributed by atoms with Gasteiger partial charge in [0.15, 0.2) is 0 Å². The van der Waals surface area contributed by atoms with Crippen molar-refractivity contribution in [1.82, 2.24) is 0 Å². The summed E-state index contributed by atoms with van der Waals surface area (Å²) in [6.07, 6.45) is -2.86. The lowest BCUT2D eigenvalue weighted by atomic mass is 10.2. The van der Waals surface area contributed by atoms with Crippen LogP contribution in [0, 0.1) is 10.1 Å². The molecule has 0 saturated carbocycles. The molecule has 14 heavy (non-hydrogen) atoms. The number of halogens is 2. The van der Waals surface area contributed by atoms with Crippen molar-refractivity contribution < 1.29 is 18.4 Å². The number of benzene rings is 1. The van der Waals surface area contributed by atoms with Crippen LogP contribution in [0.3, 0.4) is 0 Å². The fraction of sp³-hybridized carbons (Fsp3) is 0.250. The summed E-state index contributed by atoms with van der Waals surface area (Å²) in [6, 6.07) is 3.22. The molecule has 1 rings (SSSR count). The Kier molecular flexibility index (Phi) is 2.95. The van der Waals surface area contributed by atoms with Crippen molar-refractivity contribution in [2.24, 2.45) is 0 Å². The van der Waals surface area contributed by atoms with Crippen molar-refractivity contribution in [3.8, 4) is 5.75 Å². The minimum absolute atomic E-state index is 0.182. The Hall–Kier alpha value is -1.72. The van der Waals surface area contributed by atoms with Crippen molar-refractivity contribution in [3.63, 3.8) is 0 Å². The van der Waals surface area contributed by atoms with Gasteiger partial charge < -0.3 is 4.74 Å². The number of hydrogen-bond donors (Lipinski definition) is 0. The van der Waals surface area contributed by atoms with Crippen LogP contribution in [-0.4, -0.2) is 12.0 Å². The van der Waals surface area contributed by atoms with E-state index in [4.69, 9.17) is 4.74 Å². The standard InChI is InChI=1S/C8H7F2NO3/c1-14-5-2-3-6(8(9)10)7(4-5)11(12)13/h2-4,8H,1H3.